The van der Waals surface area contributed by atoms with Crippen LogP contribution in [0.5, 0.6) is 5.75 Å². The van der Waals surface area contributed by atoms with E-state index in [-0.39, 0.29) is 23.3 Å². The van der Waals surface area contributed by atoms with Gasteiger partial charge in [-0.3, -0.25) is 14.3 Å². The average Bonchev–Trinajstić information content (AvgIpc) is 3.27. The third kappa shape index (κ3) is 5.25. The Labute approximate surface area is 231 Å². The molecule has 39 heavy (non-hydrogen) atoms. The summed E-state index contributed by atoms with van der Waals surface area (Å²) in [4.78, 5) is 26.2. The number of aliphatic hydroxyl groups excluding tert-OH is 1. The zero-order chi connectivity index (χ0) is 27.8. The molecule has 1 atom stereocenters. The molecule has 0 spiro atoms. The quantitative estimate of drug-likeness (QED) is 0.387. The van der Waals surface area contributed by atoms with Crippen molar-refractivity contribution in [1.29, 1.82) is 0 Å². The number of amides is 2. The van der Waals surface area contributed by atoms with Gasteiger partial charge in [0.25, 0.3) is 11.8 Å². The first-order chi connectivity index (χ1) is 18.7. The van der Waals surface area contributed by atoms with E-state index in [1.165, 1.54) is 12.1 Å². The molecule has 2 aromatic carbocycles. The van der Waals surface area contributed by atoms with Gasteiger partial charge in [-0.25, -0.2) is 4.39 Å². The van der Waals surface area contributed by atoms with Crippen molar-refractivity contribution in [1.82, 2.24) is 20.4 Å². The van der Waals surface area contributed by atoms with Crippen molar-refractivity contribution in [3.8, 4) is 17.0 Å². The highest BCUT2D eigenvalue weighted by molar-refractivity contribution is 6.30. The Kier molecular flexibility index (Phi) is 7.39. The van der Waals surface area contributed by atoms with Gasteiger partial charge in [-0.1, -0.05) is 48.9 Å². The fraction of sp³-hybridized carbons (Fsp3) is 0.414. The third-order valence-electron chi connectivity index (χ3n) is 8.11. The lowest BCUT2D eigenvalue weighted by Crippen LogP contribution is -2.70. The summed E-state index contributed by atoms with van der Waals surface area (Å²) in [6, 6.07) is 13.8. The number of benzene rings is 2. The van der Waals surface area contributed by atoms with Crippen LogP contribution in [0.15, 0.2) is 48.5 Å². The Morgan fingerprint density at radius 1 is 1.15 bits per heavy atom. The minimum atomic E-state index is -0.841. The molecule has 6 rings (SSSR count). The second-order valence-electron chi connectivity index (χ2n) is 10.5. The van der Waals surface area contributed by atoms with Gasteiger partial charge in [-0.2, -0.15) is 5.10 Å². The molecule has 3 saturated carbocycles. The third-order valence-corrected chi connectivity index (χ3v) is 8.42. The van der Waals surface area contributed by atoms with Gasteiger partial charge in [-0.05, 0) is 50.7 Å². The molecular formula is C29H32ClFN4O4. The minimum absolute atomic E-state index is 0.0283. The average molecular weight is 555 g/mol. The summed E-state index contributed by atoms with van der Waals surface area (Å²) < 4.78 is 20.8. The zero-order valence-corrected chi connectivity index (χ0v) is 22.7. The number of carbonyl (C=O) groups is 2. The van der Waals surface area contributed by atoms with Crippen LogP contribution >= 0.6 is 11.6 Å². The maximum absolute atomic E-state index is 13.6. The first-order valence-corrected chi connectivity index (χ1v) is 13.5. The van der Waals surface area contributed by atoms with E-state index in [4.69, 9.17) is 16.3 Å². The molecule has 0 aliphatic heterocycles. The van der Waals surface area contributed by atoms with Crippen molar-refractivity contribution in [2.24, 2.45) is 7.05 Å². The summed E-state index contributed by atoms with van der Waals surface area (Å²) in [6.45, 7) is 1.69. The van der Waals surface area contributed by atoms with E-state index in [1.54, 1.807) is 4.68 Å². The molecule has 0 saturated heterocycles. The van der Waals surface area contributed by atoms with Crippen LogP contribution in [0.2, 0.25) is 5.02 Å². The largest absolute Gasteiger partial charge is 0.484 e. The summed E-state index contributed by atoms with van der Waals surface area (Å²) in [5.41, 5.74) is 1.83. The van der Waals surface area contributed by atoms with Crippen molar-refractivity contribution in [2.45, 2.75) is 62.6 Å². The number of ether oxygens (including phenoxy) is 1. The first kappa shape index (κ1) is 27.1. The number of halogens is 2. The first-order valence-electron chi connectivity index (χ1n) is 13.2. The van der Waals surface area contributed by atoms with Crippen molar-refractivity contribution in [3.63, 3.8) is 0 Å². The lowest BCUT2D eigenvalue weighted by atomic mass is 9.60. The Morgan fingerprint density at radius 2 is 1.87 bits per heavy atom. The lowest BCUT2D eigenvalue weighted by Gasteiger charge is -2.56. The maximum atomic E-state index is 13.6. The number of nitrogens with one attached hydrogen (secondary N) is 2. The molecule has 1 aromatic heterocycles. The van der Waals surface area contributed by atoms with Crippen LogP contribution in [0.4, 0.5) is 4.39 Å². The number of aliphatic hydroxyl groups is 1. The molecule has 2 amide bonds. The normalized spacial score (nSPS) is 23.9. The maximum Gasteiger partial charge on any atom is 0.272 e. The summed E-state index contributed by atoms with van der Waals surface area (Å²) >= 11 is 5.69. The van der Waals surface area contributed by atoms with Crippen molar-refractivity contribution in [3.05, 3.63) is 70.6 Å². The van der Waals surface area contributed by atoms with Gasteiger partial charge in [0.1, 0.15) is 11.6 Å². The Morgan fingerprint density at radius 3 is 2.51 bits per heavy atom. The van der Waals surface area contributed by atoms with E-state index in [1.807, 2.05) is 44.3 Å². The highest BCUT2D eigenvalue weighted by atomic mass is 35.5. The summed E-state index contributed by atoms with van der Waals surface area (Å²) in [5.74, 6) is -1.10. The number of hydrogen-bond donors (Lipinski definition) is 3. The van der Waals surface area contributed by atoms with Crippen LogP contribution in [0.3, 0.4) is 0 Å². The molecule has 3 aliphatic rings. The SMILES string of the molecule is CCc1c(C(=O)NC23CCC(NC(=O)COc4ccc(Cl)c(F)c4)(CC2)C(O)C3)nn(C)c1-c1ccccc1. The molecule has 0 radical (unpaired) electrons. The van der Waals surface area contributed by atoms with Gasteiger partial charge in [0.15, 0.2) is 12.3 Å². The standard InChI is InChI=1S/C29H32ClFN4O4/c1-3-20-25(34-35(2)26(20)18-7-5-4-6-8-18)27(38)33-28-11-13-29(14-12-28,23(36)16-28)32-24(37)17-39-19-9-10-21(30)22(31)15-19/h4-10,15,23,36H,3,11-14,16-17H2,1-2H3,(H,32,37)(H,33,38). The molecule has 8 nitrogen and oxygen atoms in total. The number of aromatic nitrogens is 2. The van der Waals surface area contributed by atoms with Gasteiger partial charge < -0.3 is 20.5 Å². The molecule has 1 unspecified atom stereocenters. The van der Waals surface area contributed by atoms with Crippen LogP contribution in [0, 0.1) is 5.82 Å². The predicted octanol–water partition coefficient (Wildman–Crippen LogP) is 4.18. The molecule has 1 heterocycles. The molecule has 206 valence electrons. The minimum Gasteiger partial charge on any atom is -0.484 e. The highest BCUT2D eigenvalue weighted by Crippen LogP contribution is 2.47. The number of rotatable bonds is 8. The van der Waals surface area contributed by atoms with Gasteiger partial charge in [0.2, 0.25) is 0 Å². The van der Waals surface area contributed by atoms with Crippen LogP contribution in [-0.2, 0) is 18.3 Å². The number of carbonyl (C=O) groups excluding carboxylic acids is 2. The van der Waals surface area contributed by atoms with E-state index in [0.717, 1.165) is 22.9 Å². The molecule has 3 aliphatic carbocycles. The second-order valence-corrected chi connectivity index (χ2v) is 10.9. The van der Waals surface area contributed by atoms with E-state index in [9.17, 15) is 19.1 Å². The topological polar surface area (TPSA) is 105 Å². The number of hydrogen-bond acceptors (Lipinski definition) is 5. The summed E-state index contributed by atoms with van der Waals surface area (Å²) in [5, 5.41) is 21.8. The highest BCUT2D eigenvalue weighted by Gasteiger charge is 2.55. The van der Waals surface area contributed by atoms with E-state index >= 15 is 0 Å². The molecule has 10 heteroatoms. The van der Waals surface area contributed by atoms with Crippen molar-refractivity contribution >= 4 is 23.4 Å². The van der Waals surface area contributed by atoms with E-state index < -0.39 is 28.9 Å². The Hall–Kier alpha value is -3.43. The molecule has 3 aromatic rings. The summed E-state index contributed by atoms with van der Waals surface area (Å²) in [7, 11) is 1.84. The van der Waals surface area contributed by atoms with Crippen LogP contribution in [0.1, 0.15) is 55.1 Å². The number of aryl methyl sites for hydroxylation is 1. The van der Waals surface area contributed by atoms with Gasteiger partial charge in [-0.15, -0.1) is 0 Å². The van der Waals surface area contributed by atoms with Crippen LogP contribution < -0.4 is 15.4 Å². The van der Waals surface area contributed by atoms with E-state index in [0.29, 0.717) is 44.2 Å². The smallest absolute Gasteiger partial charge is 0.272 e. The van der Waals surface area contributed by atoms with Crippen molar-refractivity contribution in [2.75, 3.05) is 6.61 Å². The van der Waals surface area contributed by atoms with E-state index in [2.05, 4.69) is 15.7 Å². The molecule has 3 fully saturated rings. The molecular weight excluding hydrogens is 523 g/mol. The van der Waals surface area contributed by atoms with Gasteiger partial charge in [0, 0.05) is 29.8 Å². The lowest BCUT2D eigenvalue weighted by molar-refractivity contribution is -0.132. The Bertz CT molecular complexity index is 1390. The van der Waals surface area contributed by atoms with Gasteiger partial charge >= 0.3 is 0 Å². The summed E-state index contributed by atoms with van der Waals surface area (Å²) in [6.07, 6.45) is 2.37. The Balaban J connectivity index is 1.24. The molecule has 3 N–H and O–H groups in total. The van der Waals surface area contributed by atoms with Crippen LogP contribution in [0.25, 0.3) is 11.3 Å². The van der Waals surface area contributed by atoms with Gasteiger partial charge in [0.05, 0.1) is 22.4 Å². The fourth-order valence-corrected chi connectivity index (χ4v) is 6.15. The predicted molar refractivity (Wildman–Crippen MR) is 145 cm³/mol. The second kappa shape index (κ2) is 10.6. The zero-order valence-electron chi connectivity index (χ0n) is 22.0. The monoisotopic (exact) mass is 554 g/mol. The number of nitrogens with zero attached hydrogens (tertiary/aromatic N) is 2. The molecule has 2 bridgehead atoms. The number of fused-ring (bicyclic) bond motifs is 3. The van der Waals surface area contributed by atoms with Crippen LogP contribution in [-0.4, -0.2) is 50.5 Å². The fourth-order valence-electron chi connectivity index (χ4n) is 6.03. The van der Waals surface area contributed by atoms with Crippen molar-refractivity contribution < 1.29 is 23.8 Å².